The number of aromatic nitrogens is 1. The van der Waals surface area contributed by atoms with E-state index in [-0.39, 0.29) is 12.5 Å². The number of carbonyl (C=O) groups is 1. The van der Waals surface area contributed by atoms with Crippen LogP contribution in [0.4, 0.5) is 5.69 Å². The molecule has 132 valence electrons. The number of hydrogen-bond donors (Lipinski definition) is 2. The molecule has 0 fully saturated rings. The molecule has 0 aliphatic carbocycles. The highest BCUT2D eigenvalue weighted by Crippen LogP contribution is 2.16. The van der Waals surface area contributed by atoms with Crippen molar-refractivity contribution in [2.45, 2.75) is 13.2 Å². The SMILES string of the molecule is O=C(CNc1ccc(OCc2ccccc2)cc1)NCc1ccccn1. The summed E-state index contributed by atoms with van der Waals surface area (Å²) in [6.45, 7) is 1.16. The van der Waals surface area contributed by atoms with Gasteiger partial charge in [-0.05, 0) is 42.0 Å². The van der Waals surface area contributed by atoms with Crippen LogP contribution in [0.5, 0.6) is 5.75 Å². The van der Waals surface area contributed by atoms with Gasteiger partial charge in [0.15, 0.2) is 0 Å². The van der Waals surface area contributed by atoms with Crippen molar-refractivity contribution in [3.8, 4) is 5.75 Å². The number of anilines is 1. The van der Waals surface area contributed by atoms with Crippen molar-refractivity contribution in [3.05, 3.63) is 90.3 Å². The van der Waals surface area contributed by atoms with Gasteiger partial charge in [0.25, 0.3) is 0 Å². The van der Waals surface area contributed by atoms with Crippen molar-refractivity contribution >= 4 is 11.6 Å². The summed E-state index contributed by atoms with van der Waals surface area (Å²) in [5.74, 6) is 0.707. The van der Waals surface area contributed by atoms with Gasteiger partial charge in [0.2, 0.25) is 5.91 Å². The molecule has 5 nitrogen and oxygen atoms in total. The molecule has 26 heavy (non-hydrogen) atoms. The normalized spacial score (nSPS) is 10.2. The average Bonchev–Trinajstić information content (AvgIpc) is 2.71. The Morgan fingerprint density at radius 2 is 1.69 bits per heavy atom. The first-order valence-electron chi connectivity index (χ1n) is 8.47. The molecule has 0 atom stereocenters. The van der Waals surface area contributed by atoms with Gasteiger partial charge in [-0.1, -0.05) is 36.4 Å². The molecule has 0 unspecified atom stereocenters. The summed E-state index contributed by atoms with van der Waals surface area (Å²) in [6.07, 6.45) is 1.71. The summed E-state index contributed by atoms with van der Waals surface area (Å²) in [5, 5.41) is 5.92. The molecule has 0 aliphatic heterocycles. The highest BCUT2D eigenvalue weighted by molar-refractivity contribution is 5.80. The van der Waals surface area contributed by atoms with Gasteiger partial charge in [0.05, 0.1) is 18.8 Å². The van der Waals surface area contributed by atoms with Crippen LogP contribution in [-0.4, -0.2) is 17.4 Å². The molecule has 2 N–H and O–H groups in total. The standard InChI is InChI=1S/C21H21N3O2/c25-21(24-14-19-8-4-5-13-22-19)15-23-18-9-11-20(12-10-18)26-16-17-6-2-1-3-7-17/h1-13,23H,14-16H2,(H,24,25). The molecule has 3 aromatic rings. The molecule has 0 saturated carbocycles. The summed E-state index contributed by atoms with van der Waals surface area (Å²) in [7, 11) is 0. The van der Waals surface area contributed by atoms with Crippen LogP contribution in [0.2, 0.25) is 0 Å². The molecule has 5 heteroatoms. The second-order valence-electron chi connectivity index (χ2n) is 5.75. The summed E-state index contributed by atoms with van der Waals surface area (Å²) >= 11 is 0. The van der Waals surface area contributed by atoms with Crippen molar-refractivity contribution in [2.75, 3.05) is 11.9 Å². The quantitative estimate of drug-likeness (QED) is 0.656. The molecule has 0 radical (unpaired) electrons. The zero-order valence-electron chi connectivity index (χ0n) is 14.4. The summed E-state index contributed by atoms with van der Waals surface area (Å²) in [6, 6.07) is 23.2. The Kier molecular flexibility index (Phi) is 6.20. The molecule has 0 spiro atoms. The Bertz CT molecular complexity index is 806. The van der Waals surface area contributed by atoms with Gasteiger partial charge in [0.1, 0.15) is 12.4 Å². The van der Waals surface area contributed by atoms with E-state index in [1.165, 1.54) is 0 Å². The van der Waals surface area contributed by atoms with E-state index in [0.29, 0.717) is 13.2 Å². The van der Waals surface area contributed by atoms with Gasteiger partial charge >= 0.3 is 0 Å². The van der Waals surface area contributed by atoms with Crippen molar-refractivity contribution in [2.24, 2.45) is 0 Å². The Hall–Kier alpha value is -3.34. The van der Waals surface area contributed by atoms with Gasteiger partial charge in [-0.2, -0.15) is 0 Å². The number of carbonyl (C=O) groups excluding carboxylic acids is 1. The van der Waals surface area contributed by atoms with Gasteiger partial charge < -0.3 is 15.4 Å². The predicted molar refractivity (Wildman–Crippen MR) is 102 cm³/mol. The maximum Gasteiger partial charge on any atom is 0.239 e. The first-order chi connectivity index (χ1) is 12.8. The van der Waals surface area contributed by atoms with E-state index in [4.69, 9.17) is 4.74 Å². The molecule has 0 aliphatic rings. The van der Waals surface area contributed by atoms with Gasteiger partial charge in [0, 0.05) is 11.9 Å². The Morgan fingerprint density at radius 1 is 0.923 bits per heavy atom. The second kappa shape index (κ2) is 9.22. The monoisotopic (exact) mass is 347 g/mol. The van der Waals surface area contributed by atoms with Crippen LogP contribution < -0.4 is 15.4 Å². The number of nitrogens with zero attached hydrogens (tertiary/aromatic N) is 1. The van der Waals surface area contributed by atoms with Crippen molar-refractivity contribution < 1.29 is 9.53 Å². The Morgan fingerprint density at radius 3 is 2.42 bits per heavy atom. The maximum absolute atomic E-state index is 11.9. The number of nitrogens with one attached hydrogen (secondary N) is 2. The van der Waals surface area contributed by atoms with E-state index in [0.717, 1.165) is 22.7 Å². The van der Waals surface area contributed by atoms with Gasteiger partial charge in [-0.25, -0.2) is 0 Å². The Balaban J connectivity index is 1.40. The van der Waals surface area contributed by atoms with Crippen LogP contribution in [0.3, 0.4) is 0 Å². The number of hydrogen-bond acceptors (Lipinski definition) is 4. The second-order valence-corrected chi connectivity index (χ2v) is 5.75. The predicted octanol–water partition coefficient (Wildman–Crippen LogP) is 3.39. The van der Waals surface area contributed by atoms with Crippen LogP contribution in [0.15, 0.2) is 79.0 Å². The fourth-order valence-electron chi connectivity index (χ4n) is 2.35. The van der Waals surface area contributed by atoms with Crippen molar-refractivity contribution in [3.63, 3.8) is 0 Å². The zero-order valence-corrected chi connectivity index (χ0v) is 14.4. The summed E-state index contributed by atoms with van der Waals surface area (Å²) in [5.41, 5.74) is 2.82. The van der Waals surface area contributed by atoms with E-state index in [1.54, 1.807) is 6.20 Å². The van der Waals surface area contributed by atoms with Crippen molar-refractivity contribution in [1.29, 1.82) is 0 Å². The number of benzene rings is 2. The van der Waals surface area contributed by atoms with Gasteiger partial charge in [-0.3, -0.25) is 9.78 Å². The lowest BCUT2D eigenvalue weighted by Crippen LogP contribution is -2.29. The first kappa shape index (κ1) is 17.5. The van der Waals surface area contributed by atoms with Gasteiger partial charge in [-0.15, -0.1) is 0 Å². The van der Waals surface area contributed by atoms with E-state index < -0.39 is 0 Å². The zero-order chi connectivity index (χ0) is 18.0. The molecule has 0 saturated heterocycles. The summed E-state index contributed by atoms with van der Waals surface area (Å²) in [4.78, 5) is 16.1. The molecule has 1 amide bonds. The molecule has 0 bridgehead atoms. The highest BCUT2D eigenvalue weighted by Gasteiger charge is 2.02. The van der Waals surface area contributed by atoms with Crippen LogP contribution in [0.25, 0.3) is 0 Å². The minimum atomic E-state index is -0.0833. The van der Waals surface area contributed by atoms with Crippen LogP contribution >= 0.6 is 0 Å². The number of rotatable bonds is 8. The molecule has 3 rings (SSSR count). The topological polar surface area (TPSA) is 63.2 Å². The minimum absolute atomic E-state index is 0.0833. The molecule has 1 heterocycles. The lowest BCUT2D eigenvalue weighted by atomic mass is 10.2. The molecular weight excluding hydrogens is 326 g/mol. The number of amides is 1. The summed E-state index contributed by atoms with van der Waals surface area (Å²) < 4.78 is 5.75. The minimum Gasteiger partial charge on any atom is -0.489 e. The fourth-order valence-corrected chi connectivity index (χ4v) is 2.35. The third kappa shape index (κ3) is 5.63. The van der Waals surface area contributed by atoms with E-state index in [9.17, 15) is 4.79 Å². The molecule has 1 aromatic heterocycles. The lowest BCUT2D eigenvalue weighted by Gasteiger charge is -2.09. The number of ether oxygens (including phenoxy) is 1. The third-order valence-electron chi connectivity index (χ3n) is 3.75. The van der Waals surface area contributed by atoms with Crippen LogP contribution in [-0.2, 0) is 17.9 Å². The van der Waals surface area contributed by atoms with Crippen molar-refractivity contribution in [1.82, 2.24) is 10.3 Å². The van der Waals surface area contributed by atoms with E-state index >= 15 is 0 Å². The lowest BCUT2D eigenvalue weighted by molar-refractivity contribution is -0.119. The van der Waals surface area contributed by atoms with E-state index in [2.05, 4.69) is 15.6 Å². The largest absolute Gasteiger partial charge is 0.489 e. The third-order valence-corrected chi connectivity index (χ3v) is 3.75. The molecular formula is C21H21N3O2. The fraction of sp³-hybridized carbons (Fsp3) is 0.143. The Labute approximate surface area is 153 Å². The van der Waals surface area contributed by atoms with E-state index in [1.807, 2.05) is 72.8 Å². The highest BCUT2D eigenvalue weighted by atomic mass is 16.5. The smallest absolute Gasteiger partial charge is 0.239 e. The first-order valence-corrected chi connectivity index (χ1v) is 8.47. The maximum atomic E-state index is 11.9. The van der Waals surface area contributed by atoms with Crippen LogP contribution in [0, 0.1) is 0 Å². The number of pyridine rings is 1. The molecule has 2 aromatic carbocycles. The average molecular weight is 347 g/mol. The van der Waals surface area contributed by atoms with Crippen LogP contribution in [0.1, 0.15) is 11.3 Å².